The first-order valence-electron chi connectivity index (χ1n) is 8.17. The van der Waals surface area contributed by atoms with E-state index in [0.29, 0.717) is 42.7 Å². The molecule has 0 bridgehead atoms. The average Bonchev–Trinajstić information content (AvgIpc) is 3.13. The summed E-state index contributed by atoms with van der Waals surface area (Å²) < 4.78 is 6.05. The molecule has 1 N–H and O–H groups in total. The van der Waals surface area contributed by atoms with E-state index in [0.717, 1.165) is 16.2 Å². The lowest BCUT2D eigenvalue weighted by Gasteiger charge is -2.27. The number of amidine groups is 1. The molecular weight excluding hydrogens is 438 g/mol. The van der Waals surface area contributed by atoms with Gasteiger partial charge in [0.05, 0.1) is 29.4 Å². The van der Waals surface area contributed by atoms with Crippen molar-refractivity contribution in [3.8, 4) is 0 Å². The van der Waals surface area contributed by atoms with Crippen LogP contribution in [0, 0.1) is 0 Å². The van der Waals surface area contributed by atoms with Crippen LogP contribution in [0.2, 0.25) is 0 Å². The standard InChI is InChI=1S/C17H14BrN3O5S/c18-9-1-2-11-10(7-9)13(16(25)21(11)8-12(22)23)14-15(24)19-17(27-14)20-3-5-26-6-4-20/h1-2,7H,3-6,8H2,(H,22,23)/b14-13-. The maximum atomic E-state index is 13.0. The Hall–Kier alpha value is -2.17. The molecule has 0 saturated carbocycles. The monoisotopic (exact) mass is 451 g/mol. The van der Waals surface area contributed by atoms with Gasteiger partial charge in [0.25, 0.3) is 11.8 Å². The van der Waals surface area contributed by atoms with Gasteiger partial charge in [-0.15, -0.1) is 0 Å². The fourth-order valence-corrected chi connectivity index (χ4v) is 4.57. The molecule has 2 amide bonds. The van der Waals surface area contributed by atoms with Crippen LogP contribution in [-0.4, -0.2) is 65.8 Å². The molecule has 8 nitrogen and oxygen atoms in total. The lowest BCUT2D eigenvalue weighted by Crippen LogP contribution is -2.38. The molecule has 1 fully saturated rings. The van der Waals surface area contributed by atoms with E-state index in [1.165, 1.54) is 4.90 Å². The van der Waals surface area contributed by atoms with Gasteiger partial charge in [-0.1, -0.05) is 15.9 Å². The normalized spacial score (nSPS) is 22.3. The number of rotatable bonds is 2. The number of morpholine rings is 1. The molecule has 0 aliphatic carbocycles. The van der Waals surface area contributed by atoms with Crippen LogP contribution in [-0.2, 0) is 19.1 Å². The predicted molar refractivity (Wildman–Crippen MR) is 103 cm³/mol. The maximum absolute atomic E-state index is 13.0. The maximum Gasteiger partial charge on any atom is 0.323 e. The number of halogens is 1. The molecule has 3 heterocycles. The Balaban J connectivity index is 1.75. The van der Waals surface area contributed by atoms with Crippen molar-refractivity contribution in [2.24, 2.45) is 4.99 Å². The molecule has 0 spiro atoms. The number of carboxylic acids is 1. The van der Waals surface area contributed by atoms with Gasteiger partial charge in [-0.3, -0.25) is 19.3 Å². The lowest BCUT2D eigenvalue weighted by molar-refractivity contribution is -0.136. The zero-order valence-electron chi connectivity index (χ0n) is 14.0. The van der Waals surface area contributed by atoms with Crippen LogP contribution < -0.4 is 4.90 Å². The number of fused-ring (bicyclic) bond motifs is 1. The SMILES string of the molecule is O=C(O)CN1C(=O)/C(=C2\SC(N3CCOCC3)=NC2=O)c2cc(Br)ccc21. The van der Waals surface area contributed by atoms with Crippen molar-refractivity contribution in [3.63, 3.8) is 0 Å². The second kappa shape index (κ2) is 7.10. The summed E-state index contributed by atoms with van der Waals surface area (Å²) in [7, 11) is 0. The van der Waals surface area contributed by atoms with E-state index in [-0.39, 0.29) is 10.5 Å². The Kier molecular flexibility index (Phi) is 4.79. The van der Waals surface area contributed by atoms with E-state index in [2.05, 4.69) is 20.9 Å². The van der Waals surface area contributed by atoms with Gasteiger partial charge in [-0.25, -0.2) is 0 Å². The molecule has 0 aromatic heterocycles. The van der Waals surface area contributed by atoms with Crippen LogP contribution >= 0.6 is 27.7 Å². The summed E-state index contributed by atoms with van der Waals surface area (Å²) >= 11 is 4.53. The number of ether oxygens (including phenoxy) is 1. The number of nitrogens with zero attached hydrogens (tertiary/aromatic N) is 3. The number of carboxylic acid groups (broad SMARTS) is 1. The topological polar surface area (TPSA) is 99.5 Å². The summed E-state index contributed by atoms with van der Waals surface area (Å²) in [6.45, 7) is 1.90. The molecule has 140 valence electrons. The van der Waals surface area contributed by atoms with Crippen LogP contribution in [0.1, 0.15) is 5.56 Å². The number of hydrogen-bond donors (Lipinski definition) is 1. The number of thioether (sulfide) groups is 1. The first-order chi connectivity index (χ1) is 13.0. The van der Waals surface area contributed by atoms with Crippen LogP contribution in [0.25, 0.3) is 5.57 Å². The quantitative estimate of drug-likeness (QED) is 0.680. The summed E-state index contributed by atoms with van der Waals surface area (Å²) in [5.41, 5.74) is 1.21. The van der Waals surface area contributed by atoms with Gasteiger partial charge < -0.3 is 14.7 Å². The number of aliphatic carboxylic acids is 1. The number of aliphatic imine (C=N–C) groups is 1. The summed E-state index contributed by atoms with van der Waals surface area (Å²) in [6, 6.07) is 5.12. The van der Waals surface area contributed by atoms with E-state index in [9.17, 15) is 14.4 Å². The van der Waals surface area contributed by atoms with Crippen molar-refractivity contribution in [1.82, 2.24) is 4.90 Å². The zero-order chi connectivity index (χ0) is 19.1. The minimum atomic E-state index is -1.13. The van der Waals surface area contributed by atoms with Crippen LogP contribution in [0.5, 0.6) is 0 Å². The summed E-state index contributed by atoms with van der Waals surface area (Å²) in [5, 5.41) is 9.70. The van der Waals surface area contributed by atoms with Crippen molar-refractivity contribution in [3.05, 3.63) is 33.1 Å². The minimum Gasteiger partial charge on any atom is -0.480 e. The summed E-state index contributed by atoms with van der Waals surface area (Å²) in [6.07, 6.45) is 0. The van der Waals surface area contributed by atoms with Gasteiger partial charge in [0, 0.05) is 23.1 Å². The van der Waals surface area contributed by atoms with Crippen molar-refractivity contribution in [1.29, 1.82) is 0 Å². The van der Waals surface area contributed by atoms with E-state index in [1.54, 1.807) is 18.2 Å². The molecule has 3 aliphatic rings. The highest BCUT2D eigenvalue weighted by molar-refractivity contribution is 9.10. The number of hydrogen-bond acceptors (Lipinski definition) is 6. The zero-order valence-corrected chi connectivity index (χ0v) is 16.4. The van der Waals surface area contributed by atoms with Gasteiger partial charge in [-0.2, -0.15) is 4.99 Å². The third-order valence-corrected chi connectivity index (χ3v) is 5.97. The number of carbonyl (C=O) groups excluding carboxylic acids is 2. The molecule has 0 unspecified atom stereocenters. The van der Waals surface area contributed by atoms with Gasteiger partial charge in [0.15, 0.2) is 5.17 Å². The highest BCUT2D eigenvalue weighted by atomic mass is 79.9. The molecule has 1 aromatic rings. The van der Waals surface area contributed by atoms with Gasteiger partial charge in [0.1, 0.15) is 6.54 Å². The predicted octanol–water partition coefficient (Wildman–Crippen LogP) is 1.55. The van der Waals surface area contributed by atoms with E-state index >= 15 is 0 Å². The average molecular weight is 452 g/mol. The van der Waals surface area contributed by atoms with Gasteiger partial charge >= 0.3 is 5.97 Å². The Morgan fingerprint density at radius 1 is 1.30 bits per heavy atom. The fourth-order valence-electron chi connectivity index (χ4n) is 3.16. The third kappa shape index (κ3) is 3.28. The van der Waals surface area contributed by atoms with Crippen molar-refractivity contribution in [2.45, 2.75) is 0 Å². The van der Waals surface area contributed by atoms with Crippen molar-refractivity contribution < 1.29 is 24.2 Å². The molecule has 4 rings (SSSR count). The second-order valence-electron chi connectivity index (χ2n) is 6.05. The minimum absolute atomic E-state index is 0.203. The smallest absolute Gasteiger partial charge is 0.323 e. The lowest BCUT2D eigenvalue weighted by atomic mass is 10.1. The van der Waals surface area contributed by atoms with E-state index < -0.39 is 24.3 Å². The molecule has 0 radical (unpaired) electrons. The molecule has 0 atom stereocenters. The Bertz CT molecular complexity index is 923. The van der Waals surface area contributed by atoms with Crippen LogP contribution in [0.3, 0.4) is 0 Å². The number of amides is 2. The summed E-state index contributed by atoms with van der Waals surface area (Å²) in [4.78, 5) is 44.2. The number of anilines is 1. The highest BCUT2D eigenvalue weighted by Crippen LogP contribution is 2.44. The molecule has 1 aromatic carbocycles. The van der Waals surface area contributed by atoms with Crippen LogP contribution in [0.4, 0.5) is 5.69 Å². The van der Waals surface area contributed by atoms with Crippen molar-refractivity contribution in [2.75, 3.05) is 37.7 Å². The summed E-state index contributed by atoms with van der Waals surface area (Å²) in [5.74, 6) is -2.10. The molecule has 1 saturated heterocycles. The van der Waals surface area contributed by atoms with Gasteiger partial charge in [0.2, 0.25) is 0 Å². The fraction of sp³-hybridized carbons (Fsp3) is 0.294. The highest BCUT2D eigenvalue weighted by Gasteiger charge is 2.40. The Labute approximate surface area is 167 Å². The number of benzene rings is 1. The third-order valence-electron chi connectivity index (χ3n) is 4.36. The second-order valence-corrected chi connectivity index (χ2v) is 7.94. The van der Waals surface area contributed by atoms with Crippen molar-refractivity contribution >= 4 is 61.9 Å². The van der Waals surface area contributed by atoms with Gasteiger partial charge in [-0.05, 0) is 30.0 Å². The van der Waals surface area contributed by atoms with E-state index in [4.69, 9.17) is 9.84 Å². The first-order valence-corrected chi connectivity index (χ1v) is 9.78. The molecule has 27 heavy (non-hydrogen) atoms. The first kappa shape index (κ1) is 18.2. The van der Waals surface area contributed by atoms with Crippen LogP contribution in [0.15, 0.2) is 32.6 Å². The molecular formula is C17H14BrN3O5S. The van der Waals surface area contributed by atoms with E-state index in [1.807, 2.05) is 4.90 Å². The Morgan fingerprint density at radius 2 is 2.04 bits per heavy atom. The Morgan fingerprint density at radius 3 is 2.74 bits per heavy atom. The molecule has 10 heteroatoms. The number of carbonyl (C=O) groups is 3. The largest absolute Gasteiger partial charge is 0.480 e. The molecule has 3 aliphatic heterocycles.